The maximum atomic E-state index is 5.60. The van der Waals surface area contributed by atoms with Crippen LogP contribution in [0.4, 0.5) is 0 Å². The number of aromatic nitrogens is 1. The van der Waals surface area contributed by atoms with Crippen LogP contribution in [0.15, 0.2) is 10.6 Å². The Morgan fingerprint density at radius 2 is 2.18 bits per heavy atom. The Bertz CT molecular complexity index is 318. The molecule has 0 aliphatic heterocycles. The third-order valence-corrected chi connectivity index (χ3v) is 2.01. The van der Waals surface area contributed by atoms with Crippen LogP contribution >= 0.6 is 0 Å². The summed E-state index contributed by atoms with van der Waals surface area (Å²) in [5.41, 5.74) is -0.163. The van der Waals surface area contributed by atoms with Gasteiger partial charge in [-0.2, -0.15) is 0 Å². The van der Waals surface area contributed by atoms with Crippen molar-refractivity contribution in [1.82, 2.24) is 10.3 Å². The Kier molecular flexibility index (Phi) is 5.61. The SMILES string of the molecule is COCCNCc1ncc(COC(C)(C)C)o1. The molecule has 0 aliphatic rings. The fourth-order valence-corrected chi connectivity index (χ4v) is 1.15. The molecule has 1 heterocycles. The second-order valence-electron chi connectivity index (χ2n) is 4.79. The number of ether oxygens (including phenoxy) is 2. The lowest BCUT2D eigenvalue weighted by Crippen LogP contribution is -2.19. The first-order chi connectivity index (χ1) is 8.01. The summed E-state index contributed by atoms with van der Waals surface area (Å²) >= 11 is 0. The van der Waals surface area contributed by atoms with Crippen molar-refractivity contribution >= 4 is 0 Å². The lowest BCUT2D eigenvalue weighted by atomic mass is 10.2. The number of hydrogen-bond donors (Lipinski definition) is 1. The van der Waals surface area contributed by atoms with Crippen LogP contribution in [0.1, 0.15) is 32.4 Å². The van der Waals surface area contributed by atoms with E-state index in [2.05, 4.69) is 10.3 Å². The molecule has 1 N–H and O–H groups in total. The van der Waals surface area contributed by atoms with Gasteiger partial charge >= 0.3 is 0 Å². The van der Waals surface area contributed by atoms with Gasteiger partial charge in [0.25, 0.3) is 0 Å². The molecule has 1 aromatic heterocycles. The Morgan fingerprint density at radius 3 is 2.82 bits per heavy atom. The third kappa shape index (κ3) is 6.41. The molecular formula is C12H22N2O3. The first-order valence-corrected chi connectivity index (χ1v) is 5.78. The zero-order chi connectivity index (χ0) is 12.7. The van der Waals surface area contributed by atoms with Gasteiger partial charge in [0, 0.05) is 13.7 Å². The molecule has 0 spiro atoms. The number of nitrogens with zero attached hydrogens (tertiary/aromatic N) is 1. The highest BCUT2D eigenvalue weighted by Gasteiger charge is 2.12. The smallest absolute Gasteiger partial charge is 0.208 e. The van der Waals surface area contributed by atoms with Gasteiger partial charge in [-0.1, -0.05) is 0 Å². The predicted molar refractivity (Wildman–Crippen MR) is 64.6 cm³/mol. The summed E-state index contributed by atoms with van der Waals surface area (Å²) in [6.07, 6.45) is 1.71. The van der Waals surface area contributed by atoms with Crippen LogP contribution in [0, 0.1) is 0 Å². The van der Waals surface area contributed by atoms with Crippen LogP contribution in [0.3, 0.4) is 0 Å². The highest BCUT2D eigenvalue weighted by atomic mass is 16.5. The van der Waals surface area contributed by atoms with Gasteiger partial charge in [-0.3, -0.25) is 0 Å². The van der Waals surface area contributed by atoms with E-state index in [1.165, 1.54) is 0 Å². The van der Waals surface area contributed by atoms with Crippen LogP contribution in [0.5, 0.6) is 0 Å². The van der Waals surface area contributed by atoms with Gasteiger partial charge in [-0.05, 0) is 20.8 Å². The molecule has 0 aliphatic carbocycles. The lowest BCUT2D eigenvalue weighted by molar-refractivity contribution is -0.0227. The maximum Gasteiger partial charge on any atom is 0.208 e. The van der Waals surface area contributed by atoms with Crippen molar-refractivity contribution in [2.45, 2.75) is 39.5 Å². The van der Waals surface area contributed by atoms with Crippen molar-refractivity contribution in [3.05, 3.63) is 17.8 Å². The van der Waals surface area contributed by atoms with Crippen molar-refractivity contribution in [2.75, 3.05) is 20.3 Å². The summed E-state index contributed by atoms with van der Waals surface area (Å²) in [6, 6.07) is 0. The molecule has 0 aromatic carbocycles. The minimum absolute atomic E-state index is 0.163. The highest BCUT2D eigenvalue weighted by Crippen LogP contribution is 2.12. The van der Waals surface area contributed by atoms with E-state index in [4.69, 9.17) is 13.9 Å². The maximum absolute atomic E-state index is 5.60. The topological polar surface area (TPSA) is 56.5 Å². The first-order valence-electron chi connectivity index (χ1n) is 5.78. The first kappa shape index (κ1) is 14.2. The molecule has 98 valence electrons. The molecule has 0 fully saturated rings. The van der Waals surface area contributed by atoms with Crippen molar-refractivity contribution in [1.29, 1.82) is 0 Å². The van der Waals surface area contributed by atoms with E-state index in [-0.39, 0.29) is 5.60 Å². The summed E-state index contributed by atoms with van der Waals surface area (Å²) < 4.78 is 16.0. The summed E-state index contributed by atoms with van der Waals surface area (Å²) in [5.74, 6) is 1.43. The number of oxazole rings is 1. The summed E-state index contributed by atoms with van der Waals surface area (Å²) in [4.78, 5) is 4.16. The van der Waals surface area contributed by atoms with Gasteiger partial charge in [0.1, 0.15) is 12.4 Å². The van der Waals surface area contributed by atoms with E-state index in [9.17, 15) is 0 Å². The average molecular weight is 242 g/mol. The summed E-state index contributed by atoms with van der Waals surface area (Å²) in [6.45, 7) is 8.56. The molecule has 0 saturated heterocycles. The number of rotatable bonds is 7. The van der Waals surface area contributed by atoms with Crippen molar-refractivity contribution in [3.63, 3.8) is 0 Å². The van der Waals surface area contributed by atoms with Crippen LogP contribution in [-0.4, -0.2) is 30.8 Å². The molecule has 0 saturated carbocycles. The number of nitrogens with one attached hydrogen (secondary N) is 1. The highest BCUT2D eigenvalue weighted by molar-refractivity contribution is 4.92. The van der Waals surface area contributed by atoms with Crippen LogP contribution in [0.2, 0.25) is 0 Å². The quantitative estimate of drug-likeness (QED) is 0.738. The van der Waals surface area contributed by atoms with E-state index >= 15 is 0 Å². The zero-order valence-corrected chi connectivity index (χ0v) is 11.1. The monoisotopic (exact) mass is 242 g/mol. The van der Waals surface area contributed by atoms with E-state index in [1.807, 2.05) is 20.8 Å². The second-order valence-corrected chi connectivity index (χ2v) is 4.79. The standard InChI is InChI=1S/C12H22N2O3/c1-12(2,3)16-9-10-7-14-11(17-10)8-13-5-6-15-4/h7,13H,5-6,8-9H2,1-4H3. The largest absolute Gasteiger partial charge is 0.442 e. The zero-order valence-electron chi connectivity index (χ0n) is 11.1. The Hall–Kier alpha value is -0.910. The van der Waals surface area contributed by atoms with E-state index in [0.29, 0.717) is 25.6 Å². The molecule has 5 heteroatoms. The van der Waals surface area contributed by atoms with E-state index < -0.39 is 0 Å². The van der Waals surface area contributed by atoms with Crippen molar-refractivity contribution in [2.24, 2.45) is 0 Å². The molecular weight excluding hydrogens is 220 g/mol. The fourth-order valence-electron chi connectivity index (χ4n) is 1.15. The minimum Gasteiger partial charge on any atom is -0.442 e. The Labute approximate surface area is 103 Å². The van der Waals surface area contributed by atoms with Crippen LogP contribution in [-0.2, 0) is 22.6 Å². The molecule has 0 unspecified atom stereocenters. The summed E-state index contributed by atoms with van der Waals surface area (Å²) in [5, 5.41) is 3.17. The molecule has 17 heavy (non-hydrogen) atoms. The molecule has 5 nitrogen and oxygen atoms in total. The lowest BCUT2D eigenvalue weighted by Gasteiger charge is -2.18. The second kappa shape index (κ2) is 6.74. The van der Waals surface area contributed by atoms with Crippen molar-refractivity contribution in [3.8, 4) is 0 Å². The van der Waals surface area contributed by atoms with E-state index in [0.717, 1.165) is 12.3 Å². The van der Waals surface area contributed by atoms with Gasteiger partial charge in [0.15, 0.2) is 0 Å². The Morgan fingerprint density at radius 1 is 1.41 bits per heavy atom. The van der Waals surface area contributed by atoms with Gasteiger partial charge in [-0.25, -0.2) is 4.98 Å². The van der Waals surface area contributed by atoms with Gasteiger partial charge in [-0.15, -0.1) is 0 Å². The predicted octanol–water partition coefficient (Wildman–Crippen LogP) is 1.73. The van der Waals surface area contributed by atoms with Crippen molar-refractivity contribution < 1.29 is 13.9 Å². The van der Waals surface area contributed by atoms with Crippen LogP contribution < -0.4 is 5.32 Å². The molecule has 1 rings (SSSR count). The van der Waals surface area contributed by atoms with Gasteiger partial charge in [0.05, 0.1) is 24.9 Å². The number of hydrogen-bond acceptors (Lipinski definition) is 5. The normalized spacial score (nSPS) is 12.0. The van der Waals surface area contributed by atoms with E-state index in [1.54, 1.807) is 13.3 Å². The van der Waals surface area contributed by atoms with Crippen LogP contribution in [0.25, 0.3) is 0 Å². The molecule has 0 amide bonds. The third-order valence-electron chi connectivity index (χ3n) is 2.01. The minimum atomic E-state index is -0.163. The molecule has 1 aromatic rings. The summed E-state index contributed by atoms with van der Waals surface area (Å²) in [7, 11) is 1.68. The molecule has 0 bridgehead atoms. The average Bonchev–Trinajstić information content (AvgIpc) is 2.69. The fraction of sp³-hybridized carbons (Fsp3) is 0.750. The van der Waals surface area contributed by atoms with Gasteiger partial charge in [0.2, 0.25) is 5.89 Å². The Balaban J connectivity index is 2.28. The number of methoxy groups -OCH3 is 1. The molecule has 0 radical (unpaired) electrons. The molecule has 0 atom stereocenters. The van der Waals surface area contributed by atoms with Gasteiger partial charge < -0.3 is 19.2 Å².